The van der Waals surface area contributed by atoms with Crippen LogP contribution in [0.1, 0.15) is 32.9 Å². The van der Waals surface area contributed by atoms with E-state index in [9.17, 15) is 4.79 Å². The van der Waals surface area contributed by atoms with Gasteiger partial charge in [-0.05, 0) is 32.9 Å². The summed E-state index contributed by atoms with van der Waals surface area (Å²) in [6, 6.07) is 5.21. The highest BCUT2D eigenvalue weighted by Gasteiger charge is 2.15. The van der Waals surface area contributed by atoms with Gasteiger partial charge >= 0.3 is 5.97 Å². The summed E-state index contributed by atoms with van der Waals surface area (Å²) in [5, 5.41) is 16.8. The molecule has 0 spiro atoms. The highest BCUT2D eigenvalue weighted by Crippen LogP contribution is 2.16. The van der Waals surface area contributed by atoms with Crippen LogP contribution in [0.5, 0.6) is 0 Å². The van der Waals surface area contributed by atoms with Crippen LogP contribution in [0.4, 0.5) is 0 Å². The van der Waals surface area contributed by atoms with Crippen molar-refractivity contribution in [2.45, 2.75) is 37.8 Å². The fourth-order valence-corrected chi connectivity index (χ4v) is 1.83. The lowest BCUT2D eigenvalue weighted by molar-refractivity contribution is -0.154. The molecule has 0 N–H and O–H groups in total. The Morgan fingerprint density at radius 1 is 1.44 bits per heavy atom. The molecule has 1 aromatic rings. The summed E-state index contributed by atoms with van der Waals surface area (Å²) >= 11 is 1.41. The summed E-state index contributed by atoms with van der Waals surface area (Å²) < 4.78 is 5.18. The first kappa shape index (κ1) is 14.5. The third-order valence-electron chi connectivity index (χ3n) is 1.73. The van der Waals surface area contributed by atoms with Gasteiger partial charge in [-0.1, -0.05) is 0 Å². The largest absolute Gasteiger partial charge is 0.460 e. The van der Waals surface area contributed by atoms with Crippen LogP contribution >= 0.6 is 11.8 Å². The third-order valence-corrected chi connectivity index (χ3v) is 2.65. The molecule has 0 aliphatic rings. The van der Waals surface area contributed by atoms with E-state index in [4.69, 9.17) is 10.00 Å². The topological polar surface area (TPSA) is 75.9 Å². The van der Waals surface area contributed by atoms with E-state index >= 15 is 0 Å². The molecular weight excluding hydrogens is 250 g/mol. The van der Waals surface area contributed by atoms with E-state index in [1.54, 1.807) is 12.1 Å². The van der Waals surface area contributed by atoms with E-state index in [2.05, 4.69) is 10.2 Å². The number of rotatable bonds is 4. The van der Waals surface area contributed by atoms with Crippen molar-refractivity contribution in [1.29, 1.82) is 5.26 Å². The average molecular weight is 265 g/mol. The number of carbonyl (C=O) groups excluding carboxylic acids is 1. The number of hydrogen-bond donors (Lipinski definition) is 0. The van der Waals surface area contributed by atoms with Crippen LogP contribution in [-0.2, 0) is 9.53 Å². The molecule has 1 aromatic heterocycles. The van der Waals surface area contributed by atoms with Gasteiger partial charge in [-0.3, -0.25) is 4.79 Å². The Hall–Kier alpha value is -1.61. The summed E-state index contributed by atoms with van der Waals surface area (Å²) in [7, 11) is 0. The van der Waals surface area contributed by atoms with Crippen molar-refractivity contribution in [1.82, 2.24) is 10.2 Å². The van der Waals surface area contributed by atoms with Gasteiger partial charge < -0.3 is 4.74 Å². The molecule has 0 saturated heterocycles. The monoisotopic (exact) mass is 265 g/mol. The Bertz CT molecular complexity index is 446. The van der Waals surface area contributed by atoms with Gasteiger partial charge in [0.2, 0.25) is 0 Å². The number of thioether (sulfide) groups is 1. The molecule has 0 aliphatic heterocycles. The Morgan fingerprint density at radius 3 is 2.67 bits per heavy atom. The van der Waals surface area contributed by atoms with Crippen LogP contribution in [0.15, 0.2) is 17.2 Å². The van der Waals surface area contributed by atoms with Crippen molar-refractivity contribution in [3.05, 3.63) is 17.8 Å². The zero-order valence-electron chi connectivity index (χ0n) is 10.6. The summed E-state index contributed by atoms with van der Waals surface area (Å²) in [5.74, 6) is 0.353. The molecule has 6 heteroatoms. The lowest BCUT2D eigenvalue weighted by Gasteiger charge is -2.19. The molecule has 0 aromatic carbocycles. The van der Waals surface area contributed by atoms with Crippen LogP contribution < -0.4 is 0 Å². The maximum absolute atomic E-state index is 11.4. The summed E-state index contributed by atoms with van der Waals surface area (Å²) in [4.78, 5) is 11.4. The highest BCUT2D eigenvalue weighted by atomic mass is 32.2. The summed E-state index contributed by atoms with van der Waals surface area (Å²) in [6.07, 6.45) is 0.323. The van der Waals surface area contributed by atoms with Crippen LogP contribution in [-0.4, -0.2) is 27.5 Å². The van der Waals surface area contributed by atoms with E-state index in [1.165, 1.54) is 11.8 Å². The van der Waals surface area contributed by atoms with Crippen molar-refractivity contribution in [2.75, 3.05) is 5.75 Å². The number of esters is 1. The second-order valence-corrected chi connectivity index (χ2v) is 5.67. The Balaban J connectivity index is 2.33. The van der Waals surface area contributed by atoms with Crippen molar-refractivity contribution in [3.8, 4) is 6.07 Å². The number of aromatic nitrogens is 2. The van der Waals surface area contributed by atoms with E-state index in [0.29, 0.717) is 17.2 Å². The fourth-order valence-electron chi connectivity index (χ4n) is 1.09. The molecule has 5 nitrogen and oxygen atoms in total. The predicted octanol–water partition coefficient (Wildman–Crippen LogP) is 2.17. The zero-order valence-corrected chi connectivity index (χ0v) is 11.5. The number of nitrogens with zero attached hydrogens (tertiary/aromatic N) is 3. The van der Waals surface area contributed by atoms with Gasteiger partial charge in [-0.15, -0.1) is 22.0 Å². The van der Waals surface area contributed by atoms with Gasteiger partial charge in [-0.2, -0.15) is 5.26 Å². The molecule has 0 unspecified atom stereocenters. The van der Waals surface area contributed by atoms with E-state index < -0.39 is 5.60 Å². The van der Waals surface area contributed by atoms with Crippen LogP contribution in [0, 0.1) is 11.3 Å². The maximum Gasteiger partial charge on any atom is 0.307 e. The fraction of sp³-hybridized carbons (Fsp3) is 0.500. The first-order valence-electron chi connectivity index (χ1n) is 5.49. The summed E-state index contributed by atoms with van der Waals surface area (Å²) in [6.45, 7) is 5.51. The van der Waals surface area contributed by atoms with E-state index in [0.717, 1.165) is 0 Å². The Labute approximate surface area is 111 Å². The zero-order chi connectivity index (χ0) is 13.6. The van der Waals surface area contributed by atoms with Gasteiger partial charge in [0.05, 0.1) is 6.42 Å². The van der Waals surface area contributed by atoms with Crippen molar-refractivity contribution >= 4 is 17.7 Å². The molecule has 96 valence electrons. The molecule has 0 saturated carbocycles. The van der Waals surface area contributed by atoms with Gasteiger partial charge in [-0.25, -0.2) is 0 Å². The Morgan fingerprint density at radius 2 is 2.17 bits per heavy atom. The van der Waals surface area contributed by atoms with E-state index in [-0.39, 0.29) is 11.7 Å². The molecule has 0 atom stereocenters. The molecule has 0 amide bonds. The molecule has 1 rings (SSSR count). The summed E-state index contributed by atoms with van der Waals surface area (Å²) in [5.41, 5.74) is -0.165. The number of nitriles is 1. The lowest BCUT2D eigenvalue weighted by Crippen LogP contribution is -2.24. The third kappa shape index (κ3) is 5.64. The number of ether oxygens (including phenoxy) is 1. The SMILES string of the molecule is CC(C)(C)OC(=O)CCSc1ccc(C#N)nn1. The van der Waals surface area contributed by atoms with Gasteiger partial charge in [0.1, 0.15) is 16.7 Å². The molecule has 18 heavy (non-hydrogen) atoms. The highest BCUT2D eigenvalue weighted by molar-refractivity contribution is 7.99. The minimum absolute atomic E-state index is 0.225. The van der Waals surface area contributed by atoms with Crippen molar-refractivity contribution in [2.24, 2.45) is 0 Å². The number of carbonyl (C=O) groups is 1. The molecule has 0 fully saturated rings. The normalized spacial score (nSPS) is 10.8. The molecular formula is C12H15N3O2S. The molecule has 0 radical (unpaired) electrons. The average Bonchev–Trinajstić information content (AvgIpc) is 2.27. The first-order valence-corrected chi connectivity index (χ1v) is 6.48. The van der Waals surface area contributed by atoms with Gasteiger partial charge in [0.15, 0.2) is 5.69 Å². The minimum Gasteiger partial charge on any atom is -0.460 e. The first-order chi connectivity index (χ1) is 8.40. The van der Waals surface area contributed by atoms with Gasteiger partial charge in [0, 0.05) is 5.75 Å². The van der Waals surface area contributed by atoms with Crippen LogP contribution in [0.2, 0.25) is 0 Å². The van der Waals surface area contributed by atoms with Crippen molar-refractivity contribution in [3.63, 3.8) is 0 Å². The number of hydrogen-bond acceptors (Lipinski definition) is 6. The molecule has 0 bridgehead atoms. The van der Waals surface area contributed by atoms with Crippen LogP contribution in [0.25, 0.3) is 0 Å². The van der Waals surface area contributed by atoms with Crippen molar-refractivity contribution < 1.29 is 9.53 Å². The standard InChI is InChI=1S/C12H15N3O2S/c1-12(2,3)17-11(16)6-7-18-10-5-4-9(8-13)14-15-10/h4-5H,6-7H2,1-3H3. The lowest BCUT2D eigenvalue weighted by atomic mass is 10.2. The predicted molar refractivity (Wildman–Crippen MR) is 67.9 cm³/mol. The molecule has 1 heterocycles. The van der Waals surface area contributed by atoms with E-state index in [1.807, 2.05) is 26.8 Å². The van der Waals surface area contributed by atoms with Crippen LogP contribution in [0.3, 0.4) is 0 Å². The van der Waals surface area contributed by atoms with Gasteiger partial charge in [0.25, 0.3) is 0 Å². The smallest absolute Gasteiger partial charge is 0.307 e. The quantitative estimate of drug-likeness (QED) is 0.613. The molecule has 0 aliphatic carbocycles. The second-order valence-electron chi connectivity index (χ2n) is 4.55. The minimum atomic E-state index is -0.448. The second kappa shape index (κ2) is 6.36. The Kier molecular flexibility index (Phi) is 5.10. The maximum atomic E-state index is 11.4.